The van der Waals surface area contributed by atoms with Crippen LogP contribution in [0, 0.1) is 19.7 Å². The minimum Gasteiger partial charge on any atom is -0.357 e. The fourth-order valence-electron chi connectivity index (χ4n) is 4.50. The Bertz CT molecular complexity index is 1380. The third-order valence-electron chi connectivity index (χ3n) is 6.78. The summed E-state index contributed by atoms with van der Waals surface area (Å²) >= 11 is 0. The quantitative estimate of drug-likeness (QED) is 0.361. The number of carbonyl (C=O) groups excluding carboxylic acids is 2. The minimum atomic E-state index is -3.59. The number of likely N-dealkylation sites (N-methyl/N-ethyl adjacent to an activating group) is 1. The SMILES string of the molecule is CNC(=O)[C@@H](Cc1ccccc1)N(Cc1ccc(F)cc1)C(=O)CCCN(c1cccc(C)c1C)S(C)(=O)=O. The van der Waals surface area contributed by atoms with E-state index < -0.39 is 21.9 Å². The fraction of sp³-hybridized carbons (Fsp3) is 0.333. The second-order valence-corrected chi connectivity index (χ2v) is 11.5. The highest BCUT2D eigenvalue weighted by Gasteiger charge is 2.30. The molecule has 0 heterocycles. The molecule has 3 rings (SSSR count). The predicted octanol–water partition coefficient (Wildman–Crippen LogP) is 4.37. The van der Waals surface area contributed by atoms with E-state index >= 15 is 0 Å². The summed E-state index contributed by atoms with van der Waals surface area (Å²) in [6.45, 7) is 4.01. The molecule has 3 aromatic carbocycles. The van der Waals surface area contributed by atoms with Crippen LogP contribution in [0.25, 0.3) is 0 Å². The van der Waals surface area contributed by atoms with Gasteiger partial charge in [-0.2, -0.15) is 0 Å². The molecule has 208 valence electrons. The van der Waals surface area contributed by atoms with Gasteiger partial charge in [-0.1, -0.05) is 54.6 Å². The number of rotatable bonds is 12. The Morgan fingerprint density at radius 3 is 2.21 bits per heavy atom. The number of carbonyl (C=O) groups is 2. The van der Waals surface area contributed by atoms with Crippen LogP contribution in [-0.2, 0) is 32.6 Å². The molecular formula is C30H36FN3O4S. The lowest BCUT2D eigenvalue weighted by molar-refractivity contribution is -0.141. The molecule has 2 amide bonds. The number of amides is 2. The van der Waals surface area contributed by atoms with Gasteiger partial charge in [-0.3, -0.25) is 13.9 Å². The van der Waals surface area contributed by atoms with Crippen molar-refractivity contribution in [2.75, 3.05) is 24.2 Å². The zero-order valence-corrected chi connectivity index (χ0v) is 23.7. The monoisotopic (exact) mass is 553 g/mol. The van der Waals surface area contributed by atoms with Gasteiger partial charge in [-0.05, 0) is 60.7 Å². The zero-order valence-electron chi connectivity index (χ0n) is 22.9. The van der Waals surface area contributed by atoms with Gasteiger partial charge in [0.15, 0.2) is 0 Å². The molecule has 3 aromatic rings. The van der Waals surface area contributed by atoms with Gasteiger partial charge in [0.2, 0.25) is 21.8 Å². The van der Waals surface area contributed by atoms with Gasteiger partial charge >= 0.3 is 0 Å². The van der Waals surface area contributed by atoms with Crippen LogP contribution in [0.5, 0.6) is 0 Å². The van der Waals surface area contributed by atoms with Crippen molar-refractivity contribution in [1.82, 2.24) is 10.2 Å². The number of benzene rings is 3. The molecule has 9 heteroatoms. The highest BCUT2D eigenvalue weighted by Crippen LogP contribution is 2.26. The molecule has 0 aliphatic heterocycles. The van der Waals surface area contributed by atoms with Crippen LogP contribution in [0.2, 0.25) is 0 Å². The molecule has 0 bridgehead atoms. The second kappa shape index (κ2) is 13.4. The summed E-state index contributed by atoms with van der Waals surface area (Å²) in [4.78, 5) is 28.2. The lowest BCUT2D eigenvalue weighted by Gasteiger charge is -2.31. The van der Waals surface area contributed by atoms with Gasteiger partial charge in [0.1, 0.15) is 11.9 Å². The lowest BCUT2D eigenvalue weighted by Crippen LogP contribution is -2.49. The van der Waals surface area contributed by atoms with Crippen LogP contribution in [0.3, 0.4) is 0 Å². The fourth-order valence-corrected chi connectivity index (χ4v) is 5.51. The Balaban J connectivity index is 1.86. The van der Waals surface area contributed by atoms with Gasteiger partial charge in [-0.15, -0.1) is 0 Å². The summed E-state index contributed by atoms with van der Waals surface area (Å²) < 4.78 is 40.2. The van der Waals surface area contributed by atoms with E-state index in [1.807, 2.05) is 56.3 Å². The number of anilines is 1. The van der Waals surface area contributed by atoms with Crippen molar-refractivity contribution >= 4 is 27.5 Å². The summed E-state index contributed by atoms with van der Waals surface area (Å²) in [5, 5.41) is 2.66. The summed E-state index contributed by atoms with van der Waals surface area (Å²) in [5.41, 5.74) is 3.98. The maximum absolute atomic E-state index is 13.7. The minimum absolute atomic E-state index is 0.0281. The molecule has 1 atom stereocenters. The molecule has 0 spiro atoms. The first-order chi connectivity index (χ1) is 18.5. The van der Waals surface area contributed by atoms with Crippen molar-refractivity contribution < 1.29 is 22.4 Å². The number of nitrogens with zero attached hydrogens (tertiary/aromatic N) is 2. The van der Waals surface area contributed by atoms with Crippen LogP contribution in [-0.4, -0.2) is 51.0 Å². The van der Waals surface area contributed by atoms with Crippen LogP contribution in [0.1, 0.15) is 35.1 Å². The van der Waals surface area contributed by atoms with Gasteiger partial charge in [-0.25, -0.2) is 12.8 Å². The van der Waals surface area contributed by atoms with Gasteiger partial charge < -0.3 is 10.2 Å². The first kappa shape index (κ1) is 29.8. The van der Waals surface area contributed by atoms with E-state index in [1.54, 1.807) is 18.2 Å². The third-order valence-corrected chi connectivity index (χ3v) is 7.96. The van der Waals surface area contributed by atoms with E-state index in [2.05, 4.69) is 5.32 Å². The predicted molar refractivity (Wildman–Crippen MR) is 152 cm³/mol. The Hall–Kier alpha value is -3.72. The molecule has 0 fully saturated rings. The van der Waals surface area contributed by atoms with E-state index in [0.29, 0.717) is 17.7 Å². The first-order valence-corrected chi connectivity index (χ1v) is 14.7. The van der Waals surface area contributed by atoms with Crippen molar-refractivity contribution in [3.63, 3.8) is 0 Å². The van der Waals surface area contributed by atoms with Crippen molar-refractivity contribution in [3.8, 4) is 0 Å². The molecule has 7 nitrogen and oxygen atoms in total. The maximum Gasteiger partial charge on any atom is 0.242 e. The third kappa shape index (κ3) is 8.13. The Kier molecular flexibility index (Phi) is 10.2. The van der Waals surface area contributed by atoms with E-state index in [-0.39, 0.29) is 37.7 Å². The van der Waals surface area contributed by atoms with E-state index in [4.69, 9.17) is 0 Å². The molecule has 39 heavy (non-hydrogen) atoms. The standard InChI is InChI=1S/C30H36FN3O4S/c1-22-10-8-13-27(23(22)2)34(39(4,37)38)19-9-14-29(35)33(21-25-15-17-26(31)18-16-25)28(30(36)32-3)20-24-11-6-5-7-12-24/h5-8,10-13,15-18,28H,9,14,19-21H2,1-4H3,(H,32,36)/t28-/m1/s1. The second-order valence-electron chi connectivity index (χ2n) is 9.63. The van der Waals surface area contributed by atoms with Crippen molar-refractivity contribution in [2.45, 2.75) is 45.7 Å². The zero-order chi connectivity index (χ0) is 28.6. The normalized spacial score (nSPS) is 12.0. The van der Waals surface area contributed by atoms with Crippen molar-refractivity contribution in [3.05, 3.63) is 101 Å². The smallest absolute Gasteiger partial charge is 0.242 e. The Morgan fingerprint density at radius 1 is 0.923 bits per heavy atom. The number of nitrogens with one attached hydrogen (secondary N) is 1. The van der Waals surface area contributed by atoms with Crippen LogP contribution >= 0.6 is 0 Å². The molecular weight excluding hydrogens is 517 g/mol. The van der Waals surface area contributed by atoms with E-state index in [1.165, 1.54) is 28.4 Å². The van der Waals surface area contributed by atoms with Crippen LogP contribution in [0.15, 0.2) is 72.8 Å². The van der Waals surface area contributed by atoms with Gasteiger partial charge in [0.05, 0.1) is 11.9 Å². The Morgan fingerprint density at radius 2 is 1.59 bits per heavy atom. The van der Waals surface area contributed by atoms with Crippen LogP contribution < -0.4 is 9.62 Å². The number of halogens is 1. The largest absolute Gasteiger partial charge is 0.357 e. The molecule has 0 saturated carbocycles. The summed E-state index contributed by atoms with van der Waals surface area (Å²) in [6.07, 6.45) is 1.73. The van der Waals surface area contributed by atoms with Crippen molar-refractivity contribution in [1.29, 1.82) is 0 Å². The molecule has 0 aromatic heterocycles. The highest BCUT2D eigenvalue weighted by molar-refractivity contribution is 7.92. The summed E-state index contributed by atoms with van der Waals surface area (Å²) in [7, 11) is -2.07. The summed E-state index contributed by atoms with van der Waals surface area (Å²) in [5.74, 6) is -1.00. The molecule has 1 N–H and O–H groups in total. The summed E-state index contributed by atoms with van der Waals surface area (Å²) in [6, 6.07) is 19.9. The highest BCUT2D eigenvalue weighted by atomic mass is 32.2. The number of hydrogen-bond donors (Lipinski definition) is 1. The first-order valence-electron chi connectivity index (χ1n) is 12.8. The lowest BCUT2D eigenvalue weighted by atomic mass is 10.0. The average Bonchev–Trinajstić information content (AvgIpc) is 2.91. The van der Waals surface area contributed by atoms with E-state index in [0.717, 1.165) is 22.9 Å². The topological polar surface area (TPSA) is 86.8 Å². The molecule has 0 radical (unpaired) electrons. The van der Waals surface area contributed by atoms with Crippen molar-refractivity contribution in [2.24, 2.45) is 0 Å². The molecule has 0 aliphatic carbocycles. The molecule has 0 unspecified atom stereocenters. The van der Waals surface area contributed by atoms with E-state index in [9.17, 15) is 22.4 Å². The van der Waals surface area contributed by atoms with Gasteiger partial charge in [0.25, 0.3) is 0 Å². The average molecular weight is 554 g/mol. The Labute approximate surface area is 230 Å². The van der Waals surface area contributed by atoms with Crippen LogP contribution in [0.4, 0.5) is 10.1 Å². The number of hydrogen-bond acceptors (Lipinski definition) is 4. The molecule has 0 saturated heterocycles. The number of aryl methyl sites for hydroxylation is 1. The molecule has 0 aliphatic rings. The van der Waals surface area contributed by atoms with Gasteiger partial charge in [0, 0.05) is 33.0 Å². The number of sulfonamides is 1. The maximum atomic E-state index is 13.7.